The van der Waals surface area contributed by atoms with E-state index >= 15 is 0 Å². The Bertz CT molecular complexity index is 634. The van der Waals surface area contributed by atoms with Crippen LogP contribution in [-0.2, 0) is 4.74 Å². The number of carbonyl (C=O) groups is 1. The molecule has 0 aliphatic carbocycles. The first-order valence-electron chi connectivity index (χ1n) is 8.09. The monoisotopic (exact) mass is 394 g/mol. The van der Waals surface area contributed by atoms with Crippen LogP contribution in [0.2, 0.25) is 0 Å². The Morgan fingerprint density at radius 1 is 1.46 bits per heavy atom. The zero-order chi connectivity index (χ0) is 17.7. The fourth-order valence-corrected chi connectivity index (χ4v) is 2.92. The Morgan fingerprint density at radius 3 is 2.88 bits per heavy atom. The van der Waals surface area contributed by atoms with E-state index in [0.717, 1.165) is 23.9 Å². The number of halogens is 1. The van der Waals surface area contributed by atoms with Crippen molar-refractivity contribution in [1.29, 1.82) is 5.26 Å². The molecular weight excluding hydrogens is 372 g/mol. The fraction of sp³-hybridized carbons (Fsp3) is 0.556. The third-order valence-electron chi connectivity index (χ3n) is 3.71. The molecule has 0 saturated carbocycles. The van der Waals surface area contributed by atoms with Crippen molar-refractivity contribution in [2.24, 2.45) is 5.92 Å². The second-order valence-electron chi connectivity index (χ2n) is 7.00. The molecule has 1 fully saturated rings. The average Bonchev–Trinajstić information content (AvgIpc) is 2.53. The molecule has 6 heteroatoms. The molecule has 1 heterocycles. The molecule has 1 aromatic rings. The summed E-state index contributed by atoms with van der Waals surface area (Å²) < 4.78 is 12.0. The largest absolute Gasteiger partial charge is 0.493 e. The van der Waals surface area contributed by atoms with Gasteiger partial charge in [-0.15, -0.1) is 0 Å². The van der Waals surface area contributed by atoms with Crippen LogP contribution >= 0.6 is 15.9 Å². The molecule has 5 nitrogen and oxygen atoms in total. The highest BCUT2D eigenvalue weighted by Crippen LogP contribution is 2.24. The van der Waals surface area contributed by atoms with Gasteiger partial charge in [-0.3, -0.25) is 0 Å². The van der Waals surface area contributed by atoms with E-state index in [0.29, 0.717) is 24.5 Å². The molecule has 0 N–H and O–H groups in total. The van der Waals surface area contributed by atoms with Crippen molar-refractivity contribution in [3.05, 3.63) is 28.2 Å². The van der Waals surface area contributed by atoms with Crippen molar-refractivity contribution in [3.8, 4) is 11.8 Å². The highest BCUT2D eigenvalue weighted by Gasteiger charge is 2.27. The minimum Gasteiger partial charge on any atom is -0.493 e. The van der Waals surface area contributed by atoms with E-state index in [1.807, 2.05) is 32.9 Å². The number of rotatable bonds is 3. The van der Waals surface area contributed by atoms with Gasteiger partial charge in [0.1, 0.15) is 17.4 Å². The smallest absolute Gasteiger partial charge is 0.410 e. The number of likely N-dealkylation sites (tertiary alicyclic amines) is 1. The van der Waals surface area contributed by atoms with E-state index in [2.05, 4.69) is 22.0 Å². The van der Waals surface area contributed by atoms with Crippen molar-refractivity contribution < 1.29 is 14.3 Å². The fourth-order valence-electron chi connectivity index (χ4n) is 2.59. The predicted molar refractivity (Wildman–Crippen MR) is 94.9 cm³/mol. The van der Waals surface area contributed by atoms with Crippen LogP contribution in [0.1, 0.15) is 39.2 Å². The van der Waals surface area contributed by atoms with Gasteiger partial charge in [-0.25, -0.2) is 4.79 Å². The van der Waals surface area contributed by atoms with Crippen LogP contribution in [0, 0.1) is 17.2 Å². The molecule has 1 saturated heterocycles. The number of nitriles is 1. The van der Waals surface area contributed by atoms with E-state index < -0.39 is 5.60 Å². The van der Waals surface area contributed by atoms with E-state index in [1.54, 1.807) is 11.0 Å². The summed E-state index contributed by atoms with van der Waals surface area (Å²) in [5.74, 6) is 0.935. The number of carbonyl (C=O) groups excluding carboxylic acids is 1. The normalized spacial score (nSPS) is 18.0. The van der Waals surface area contributed by atoms with Crippen molar-refractivity contribution in [1.82, 2.24) is 4.90 Å². The molecule has 0 bridgehead atoms. The summed E-state index contributed by atoms with van der Waals surface area (Å²) >= 11 is 3.33. The molecule has 1 aliphatic rings. The molecule has 0 aromatic heterocycles. The molecular formula is C18H23BrN2O3. The van der Waals surface area contributed by atoms with Crippen LogP contribution in [0.4, 0.5) is 4.79 Å². The summed E-state index contributed by atoms with van der Waals surface area (Å²) in [7, 11) is 0. The summed E-state index contributed by atoms with van der Waals surface area (Å²) in [6.07, 6.45) is 1.69. The van der Waals surface area contributed by atoms with Gasteiger partial charge in [0, 0.05) is 23.5 Å². The minimum absolute atomic E-state index is 0.261. The number of hydrogen-bond acceptors (Lipinski definition) is 4. The first kappa shape index (κ1) is 18.6. The second kappa shape index (κ2) is 7.89. The van der Waals surface area contributed by atoms with Crippen molar-refractivity contribution in [2.75, 3.05) is 19.7 Å². The van der Waals surface area contributed by atoms with Gasteiger partial charge in [0.25, 0.3) is 0 Å². The maximum absolute atomic E-state index is 12.2. The van der Waals surface area contributed by atoms with Crippen LogP contribution in [0.5, 0.6) is 5.75 Å². The second-order valence-corrected chi connectivity index (χ2v) is 7.85. The van der Waals surface area contributed by atoms with E-state index in [4.69, 9.17) is 14.7 Å². The van der Waals surface area contributed by atoms with Crippen LogP contribution in [-0.4, -0.2) is 36.3 Å². The molecule has 24 heavy (non-hydrogen) atoms. The Hall–Kier alpha value is -1.74. The van der Waals surface area contributed by atoms with Crippen LogP contribution in [0.25, 0.3) is 0 Å². The van der Waals surface area contributed by atoms with Gasteiger partial charge in [0.05, 0.1) is 12.2 Å². The van der Waals surface area contributed by atoms with Gasteiger partial charge in [0.2, 0.25) is 0 Å². The summed E-state index contributed by atoms with van der Waals surface area (Å²) in [5, 5.41) is 9.05. The Balaban J connectivity index is 1.89. The van der Waals surface area contributed by atoms with Crippen LogP contribution < -0.4 is 4.74 Å². The van der Waals surface area contributed by atoms with Crippen molar-refractivity contribution >= 4 is 22.0 Å². The number of piperidine rings is 1. The lowest BCUT2D eigenvalue weighted by atomic mass is 9.99. The maximum Gasteiger partial charge on any atom is 0.410 e. The van der Waals surface area contributed by atoms with Gasteiger partial charge in [-0.05, 0) is 67.7 Å². The number of benzene rings is 1. The van der Waals surface area contributed by atoms with Gasteiger partial charge in [-0.2, -0.15) is 5.26 Å². The summed E-state index contributed by atoms with van der Waals surface area (Å²) in [6.45, 7) is 7.49. The molecule has 0 radical (unpaired) electrons. The standard InChI is InChI=1S/C18H23BrN2O3/c1-18(2,3)24-17(22)21-8-4-5-13(11-21)12-23-15-6-7-16(19)14(9-15)10-20/h6-7,9,13H,4-5,8,11-12H2,1-3H3. The molecule has 130 valence electrons. The van der Waals surface area contributed by atoms with E-state index in [-0.39, 0.29) is 12.0 Å². The quantitative estimate of drug-likeness (QED) is 0.764. The summed E-state index contributed by atoms with van der Waals surface area (Å²) in [6, 6.07) is 7.48. The molecule has 1 unspecified atom stereocenters. The molecule has 1 aromatic carbocycles. The van der Waals surface area contributed by atoms with Crippen LogP contribution in [0.15, 0.2) is 22.7 Å². The highest BCUT2D eigenvalue weighted by atomic mass is 79.9. The Morgan fingerprint density at radius 2 is 2.21 bits per heavy atom. The van der Waals surface area contributed by atoms with Gasteiger partial charge in [0.15, 0.2) is 0 Å². The lowest BCUT2D eigenvalue weighted by molar-refractivity contribution is 0.0139. The van der Waals surface area contributed by atoms with Gasteiger partial charge < -0.3 is 14.4 Å². The third kappa shape index (κ3) is 5.41. The molecule has 1 aliphatic heterocycles. The van der Waals surface area contributed by atoms with Crippen molar-refractivity contribution in [2.45, 2.75) is 39.2 Å². The number of nitrogens with zero attached hydrogens (tertiary/aromatic N) is 2. The van der Waals surface area contributed by atoms with E-state index in [9.17, 15) is 4.79 Å². The molecule has 0 spiro atoms. The summed E-state index contributed by atoms with van der Waals surface area (Å²) in [4.78, 5) is 13.9. The van der Waals surface area contributed by atoms with E-state index in [1.165, 1.54) is 0 Å². The van der Waals surface area contributed by atoms with Crippen molar-refractivity contribution in [3.63, 3.8) is 0 Å². The lowest BCUT2D eigenvalue weighted by Crippen LogP contribution is -2.44. The minimum atomic E-state index is -0.481. The SMILES string of the molecule is CC(C)(C)OC(=O)N1CCCC(COc2ccc(Br)c(C#N)c2)C1. The molecule has 1 atom stereocenters. The summed E-state index contributed by atoms with van der Waals surface area (Å²) in [5.41, 5.74) is 0.0672. The molecule has 1 amide bonds. The third-order valence-corrected chi connectivity index (χ3v) is 4.41. The van der Waals surface area contributed by atoms with Gasteiger partial charge >= 0.3 is 6.09 Å². The first-order valence-corrected chi connectivity index (χ1v) is 8.88. The van der Waals surface area contributed by atoms with Crippen LogP contribution in [0.3, 0.4) is 0 Å². The van der Waals surface area contributed by atoms with Gasteiger partial charge in [-0.1, -0.05) is 0 Å². The first-order chi connectivity index (χ1) is 11.3. The zero-order valence-electron chi connectivity index (χ0n) is 14.3. The zero-order valence-corrected chi connectivity index (χ0v) is 15.9. The Kier molecular flexibility index (Phi) is 6.11. The number of ether oxygens (including phenoxy) is 2. The number of hydrogen-bond donors (Lipinski definition) is 0. The predicted octanol–water partition coefficient (Wildman–Crippen LogP) is 4.35. The molecule has 2 rings (SSSR count). The average molecular weight is 395 g/mol. The highest BCUT2D eigenvalue weighted by molar-refractivity contribution is 9.10. The number of amides is 1. The lowest BCUT2D eigenvalue weighted by Gasteiger charge is -2.34. The maximum atomic E-state index is 12.2. The topological polar surface area (TPSA) is 62.6 Å². The Labute approximate surface area is 151 Å².